The Kier molecular flexibility index (Phi) is 7.98. The summed E-state index contributed by atoms with van der Waals surface area (Å²) in [7, 11) is 0. The summed E-state index contributed by atoms with van der Waals surface area (Å²) < 4.78 is 50.8. The van der Waals surface area contributed by atoms with Crippen LogP contribution in [-0.4, -0.2) is 35.2 Å². The largest absolute Gasteiger partial charge is 0.483 e. The number of alkyl halides is 3. The molecule has 2 aromatic carbocycles. The summed E-state index contributed by atoms with van der Waals surface area (Å²) in [5, 5.41) is 4.93. The molecule has 0 fully saturated rings. The van der Waals surface area contributed by atoms with Crippen molar-refractivity contribution in [1.82, 2.24) is 4.90 Å². The molecule has 0 spiro atoms. The third-order valence-electron chi connectivity index (χ3n) is 5.41. The maximum absolute atomic E-state index is 13.0. The number of fused-ring (bicyclic) bond motifs is 1. The van der Waals surface area contributed by atoms with E-state index in [2.05, 4.69) is 26.2 Å². The molecule has 0 unspecified atom stereocenters. The second kappa shape index (κ2) is 11.0. The first-order valence-electron chi connectivity index (χ1n) is 11.1. The topological polar surface area (TPSA) is 80.2 Å². The number of hydrogen-bond acceptors (Lipinski definition) is 7. The van der Waals surface area contributed by atoms with Crippen LogP contribution in [0.25, 0.3) is 0 Å². The maximum Gasteiger partial charge on any atom is 0.416 e. The Morgan fingerprint density at radius 3 is 2.73 bits per heavy atom. The lowest BCUT2D eigenvalue weighted by Gasteiger charge is -2.34. The van der Waals surface area contributed by atoms with E-state index < -0.39 is 36.3 Å². The van der Waals surface area contributed by atoms with Gasteiger partial charge >= 0.3 is 12.1 Å². The van der Waals surface area contributed by atoms with E-state index in [-0.39, 0.29) is 12.3 Å². The molecule has 2 heterocycles. The van der Waals surface area contributed by atoms with Gasteiger partial charge in [-0.3, -0.25) is 4.79 Å². The minimum Gasteiger partial charge on any atom is -0.483 e. The monoisotopic (exact) mass is 595 g/mol. The smallest absolute Gasteiger partial charge is 0.416 e. The van der Waals surface area contributed by atoms with E-state index in [1.807, 2.05) is 10.3 Å². The normalized spacial score (nSPS) is 16.9. The molecule has 1 N–H and O–H groups in total. The van der Waals surface area contributed by atoms with Gasteiger partial charge in [0.2, 0.25) is 0 Å². The van der Waals surface area contributed by atoms with Gasteiger partial charge in [-0.05, 0) is 55.7 Å². The number of amides is 1. The highest BCUT2D eigenvalue weighted by atomic mass is 79.9. The molecule has 12 heteroatoms. The molecule has 2 aliphatic rings. The second-order valence-electron chi connectivity index (χ2n) is 7.92. The lowest BCUT2D eigenvalue weighted by molar-refractivity contribution is -0.139. The average molecular weight is 596 g/mol. The van der Waals surface area contributed by atoms with Gasteiger partial charge in [0.15, 0.2) is 11.8 Å². The highest BCUT2D eigenvalue weighted by Crippen LogP contribution is 2.44. The maximum atomic E-state index is 13.0. The Bertz CT molecular complexity index is 1330. The molecule has 4 rings (SSSR count). The molecule has 0 bridgehead atoms. The van der Waals surface area contributed by atoms with Crippen molar-refractivity contribution < 1.29 is 32.2 Å². The number of nitrogens with zero attached hydrogens (tertiary/aromatic N) is 2. The van der Waals surface area contributed by atoms with Gasteiger partial charge < -0.3 is 19.7 Å². The van der Waals surface area contributed by atoms with E-state index in [0.717, 1.165) is 12.1 Å². The molecule has 0 radical (unpaired) electrons. The Morgan fingerprint density at radius 2 is 2.00 bits per heavy atom. The Labute approximate surface area is 223 Å². The van der Waals surface area contributed by atoms with E-state index >= 15 is 0 Å². The zero-order chi connectivity index (χ0) is 26.7. The third-order valence-corrected chi connectivity index (χ3v) is 6.68. The lowest BCUT2D eigenvalue weighted by atomic mass is 9.94. The van der Waals surface area contributed by atoms with Crippen LogP contribution in [0.15, 0.2) is 74.8 Å². The molecular weight excluding hydrogens is 575 g/mol. The third kappa shape index (κ3) is 6.02. The number of hydrogen-bond donors (Lipinski definition) is 1. The number of carbonyl (C=O) groups excluding carboxylic acids is 2. The highest BCUT2D eigenvalue weighted by Gasteiger charge is 2.39. The number of esters is 1. The zero-order valence-electron chi connectivity index (χ0n) is 19.6. The van der Waals surface area contributed by atoms with Crippen molar-refractivity contribution in [3.05, 3.63) is 80.9 Å². The van der Waals surface area contributed by atoms with Crippen LogP contribution < -0.4 is 10.1 Å². The molecule has 0 aromatic heterocycles. The standard InChI is InChI=1S/C25H21BrF3N3O4S/c1-3-35-23(34)21-14(2)30-24-32(9-10-37-24)22(21)18-12-16(26)7-8-19(18)36-13-20(33)31-17-6-4-5-15(11-17)25(27,28)29/h4-12,22H,3,13H2,1-2H3,(H,31,33)/t22-/m0/s1. The quantitative estimate of drug-likeness (QED) is 0.381. The van der Waals surface area contributed by atoms with Crippen LogP contribution in [0.3, 0.4) is 0 Å². The number of benzene rings is 2. The number of anilines is 1. The van der Waals surface area contributed by atoms with E-state index in [1.54, 1.807) is 38.2 Å². The first-order valence-corrected chi connectivity index (χ1v) is 12.7. The number of rotatable bonds is 7. The van der Waals surface area contributed by atoms with Gasteiger partial charge in [-0.1, -0.05) is 33.8 Å². The predicted molar refractivity (Wildman–Crippen MR) is 138 cm³/mol. The van der Waals surface area contributed by atoms with E-state index in [9.17, 15) is 22.8 Å². The fourth-order valence-electron chi connectivity index (χ4n) is 3.85. The molecule has 0 saturated carbocycles. The number of amidine groups is 1. The van der Waals surface area contributed by atoms with Crippen molar-refractivity contribution in [2.75, 3.05) is 18.5 Å². The van der Waals surface area contributed by atoms with Crippen molar-refractivity contribution in [1.29, 1.82) is 0 Å². The molecule has 2 aromatic rings. The van der Waals surface area contributed by atoms with Gasteiger partial charge in [-0.15, -0.1) is 0 Å². The van der Waals surface area contributed by atoms with E-state index in [0.29, 0.717) is 32.2 Å². The minimum absolute atomic E-state index is 0.00465. The van der Waals surface area contributed by atoms with Gasteiger partial charge in [0, 0.05) is 21.9 Å². The van der Waals surface area contributed by atoms with Crippen molar-refractivity contribution in [3.63, 3.8) is 0 Å². The fourth-order valence-corrected chi connectivity index (χ4v) is 5.02. The van der Waals surface area contributed by atoms with Crippen LogP contribution >= 0.6 is 27.7 Å². The summed E-state index contributed by atoms with van der Waals surface area (Å²) in [6.07, 6.45) is -2.73. The average Bonchev–Trinajstić information content (AvgIpc) is 3.30. The van der Waals surface area contributed by atoms with Crippen molar-refractivity contribution in [2.24, 2.45) is 4.99 Å². The number of ether oxygens (including phenoxy) is 2. The molecule has 0 saturated heterocycles. The van der Waals surface area contributed by atoms with Gasteiger partial charge in [0.1, 0.15) is 5.75 Å². The predicted octanol–water partition coefficient (Wildman–Crippen LogP) is 6.25. The second-order valence-corrected chi connectivity index (χ2v) is 9.71. The summed E-state index contributed by atoms with van der Waals surface area (Å²) in [5.74, 6) is -0.854. The van der Waals surface area contributed by atoms with Crippen LogP contribution in [-0.2, 0) is 20.5 Å². The number of allylic oxidation sites excluding steroid dienone is 1. The van der Waals surface area contributed by atoms with E-state index in [1.165, 1.54) is 23.9 Å². The van der Waals surface area contributed by atoms with Crippen molar-refractivity contribution in [2.45, 2.75) is 26.1 Å². The zero-order valence-corrected chi connectivity index (χ0v) is 22.0. The number of thioether (sulfide) groups is 1. The summed E-state index contributed by atoms with van der Waals surface area (Å²) in [4.78, 5) is 31.8. The van der Waals surface area contributed by atoms with Crippen LogP contribution in [0.1, 0.15) is 31.0 Å². The lowest BCUT2D eigenvalue weighted by Crippen LogP contribution is -2.34. The Morgan fingerprint density at radius 1 is 1.22 bits per heavy atom. The molecule has 1 atom stereocenters. The highest BCUT2D eigenvalue weighted by molar-refractivity contribution is 9.10. The summed E-state index contributed by atoms with van der Waals surface area (Å²) >= 11 is 4.85. The number of nitrogens with one attached hydrogen (secondary N) is 1. The Hall–Kier alpha value is -3.25. The van der Waals surface area contributed by atoms with Crippen LogP contribution in [0.2, 0.25) is 0 Å². The fraction of sp³-hybridized carbons (Fsp3) is 0.240. The molecule has 37 heavy (non-hydrogen) atoms. The number of carbonyl (C=O) groups is 2. The minimum atomic E-state index is -4.53. The molecule has 7 nitrogen and oxygen atoms in total. The van der Waals surface area contributed by atoms with Gasteiger partial charge in [0.05, 0.1) is 29.5 Å². The summed E-state index contributed by atoms with van der Waals surface area (Å²) in [5.41, 5.74) is 0.521. The molecule has 0 aliphatic carbocycles. The van der Waals surface area contributed by atoms with Crippen LogP contribution in [0, 0.1) is 0 Å². The van der Waals surface area contributed by atoms with Crippen molar-refractivity contribution in [3.8, 4) is 5.75 Å². The number of halogens is 4. The molecule has 1 amide bonds. The van der Waals surface area contributed by atoms with Gasteiger partial charge in [-0.25, -0.2) is 9.79 Å². The first kappa shape index (κ1) is 26.8. The van der Waals surface area contributed by atoms with Crippen molar-refractivity contribution >= 4 is 50.4 Å². The molecule has 194 valence electrons. The molecular formula is C25H21BrF3N3O4S. The summed E-state index contributed by atoms with van der Waals surface area (Å²) in [6.45, 7) is 3.15. The Balaban J connectivity index is 1.60. The SMILES string of the molecule is CCOC(=O)C1=C(C)N=C2SC=CN2[C@H]1c1cc(Br)ccc1OCC(=O)Nc1cccc(C(F)(F)F)c1. The molecule has 2 aliphatic heterocycles. The first-order chi connectivity index (χ1) is 17.6. The van der Waals surface area contributed by atoms with Gasteiger partial charge in [-0.2, -0.15) is 13.2 Å². The van der Waals surface area contributed by atoms with Crippen LogP contribution in [0.4, 0.5) is 18.9 Å². The number of aliphatic imine (C=N–C) groups is 1. The van der Waals surface area contributed by atoms with E-state index in [4.69, 9.17) is 9.47 Å². The van der Waals surface area contributed by atoms with Crippen LogP contribution in [0.5, 0.6) is 5.75 Å². The summed E-state index contributed by atoms with van der Waals surface area (Å²) in [6, 6.07) is 8.84. The van der Waals surface area contributed by atoms with Gasteiger partial charge in [0.25, 0.3) is 5.91 Å².